The number of hydrogen-bond acceptors (Lipinski definition) is 5. The van der Waals surface area contributed by atoms with Gasteiger partial charge in [0.2, 0.25) is 0 Å². The minimum atomic E-state index is -4.55. The number of morpholine rings is 1. The van der Waals surface area contributed by atoms with E-state index in [2.05, 4.69) is 19.4 Å². The average Bonchev–Trinajstić information content (AvgIpc) is 3.06. The predicted octanol–water partition coefficient (Wildman–Crippen LogP) is 3.71. The topological polar surface area (TPSA) is 69.2 Å². The second kappa shape index (κ2) is 7.60. The molecule has 3 heterocycles. The molecule has 1 aliphatic carbocycles. The van der Waals surface area contributed by atoms with Crippen molar-refractivity contribution < 1.29 is 17.9 Å². The minimum Gasteiger partial charge on any atom is -0.383 e. The zero-order chi connectivity index (χ0) is 20.8. The summed E-state index contributed by atoms with van der Waals surface area (Å²) in [6, 6.07) is 1.88. The maximum absolute atomic E-state index is 13.2. The number of nitrogen functional groups attached to an aromatic ring is 1. The van der Waals surface area contributed by atoms with Gasteiger partial charge in [0, 0.05) is 49.0 Å². The summed E-state index contributed by atoms with van der Waals surface area (Å²) in [5.41, 5.74) is 5.34. The van der Waals surface area contributed by atoms with Crippen LogP contribution in [0.5, 0.6) is 0 Å². The highest BCUT2D eigenvalue weighted by atomic mass is 19.4. The Morgan fingerprint density at radius 2 is 1.86 bits per heavy atom. The normalized spacial score (nSPS) is 23.4. The van der Waals surface area contributed by atoms with Gasteiger partial charge >= 0.3 is 6.18 Å². The van der Waals surface area contributed by atoms with Gasteiger partial charge in [-0.05, 0) is 18.9 Å². The van der Waals surface area contributed by atoms with Crippen LogP contribution < -0.4 is 5.73 Å². The van der Waals surface area contributed by atoms with Gasteiger partial charge in [0.25, 0.3) is 0 Å². The fraction of sp³-hybridized carbons (Fsp3) is 0.600. The van der Waals surface area contributed by atoms with Gasteiger partial charge < -0.3 is 15.0 Å². The number of rotatable bonds is 4. The molecule has 9 heteroatoms. The van der Waals surface area contributed by atoms with Crippen LogP contribution in [0.3, 0.4) is 0 Å². The van der Waals surface area contributed by atoms with E-state index in [0.717, 1.165) is 51.0 Å². The molecule has 4 rings (SSSR count). The third-order valence-corrected chi connectivity index (χ3v) is 5.84. The number of nitrogens with zero attached hydrogens (tertiary/aromatic N) is 4. The van der Waals surface area contributed by atoms with Gasteiger partial charge in [-0.25, -0.2) is 9.97 Å². The van der Waals surface area contributed by atoms with Crippen molar-refractivity contribution in [2.24, 2.45) is 0 Å². The van der Waals surface area contributed by atoms with Crippen molar-refractivity contribution in [3.05, 3.63) is 29.8 Å². The van der Waals surface area contributed by atoms with Gasteiger partial charge in [-0.15, -0.1) is 0 Å². The third-order valence-electron chi connectivity index (χ3n) is 5.84. The molecule has 2 aromatic heterocycles. The van der Waals surface area contributed by atoms with Gasteiger partial charge in [0.05, 0.1) is 24.5 Å². The number of hydrogen-bond donors (Lipinski definition) is 1. The van der Waals surface area contributed by atoms with Crippen molar-refractivity contribution in [3.8, 4) is 11.3 Å². The average molecular weight is 409 g/mol. The van der Waals surface area contributed by atoms with Crippen LogP contribution in [0.4, 0.5) is 19.0 Å². The SMILES string of the molecule is CC(C)c1nc(-c2cnc(N)c(C(F)(F)F)c2)cn1C1CC(N2CCOCC2)C1. The van der Waals surface area contributed by atoms with Crippen molar-refractivity contribution in [2.75, 3.05) is 32.0 Å². The smallest absolute Gasteiger partial charge is 0.383 e. The predicted molar refractivity (Wildman–Crippen MR) is 103 cm³/mol. The molecule has 0 amide bonds. The van der Waals surface area contributed by atoms with Gasteiger partial charge in [-0.1, -0.05) is 13.8 Å². The molecule has 158 valence electrons. The first-order chi connectivity index (χ1) is 13.7. The van der Waals surface area contributed by atoms with Crippen molar-refractivity contribution in [2.45, 2.75) is 50.9 Å². The standard InChI is InChI=1S/C20H26F3N5O/c1-12(2)19-26-17(13-7-16(20(21,22)23)18(24)25-10-13)11-28(19)15-8-14(9-15)27-3-5-29-6-4-27/h7,10-12,14-15H,3-6,8-9H2,1-2H3,(H2,24,25). The van der Waals surface area contributed by atoms with Crippen LogP contribution in [0.15, 0.2) is 18.5 Å². The van der Waals surface area contributed by atoms with Gasteiger partial charge in [-0.3, -0.25) is 4.90 Å². The summed E-state index contributed by atoms with van der Waals surface area (Å²) in [7, 11) is 0. The van der Waals surface area contributed by atoms with Crippen LogP contribution in [0.25, 0.3) is 11.3 Å². The largest absolute Gasteiger partial charge is 0.419 e. The number of imidazole rings is 1. The lowest BCUT2D eigenvalue weighted by Crippen LogP contribution is -2.50. The molecule has 2 aromatic rings. The Morgan fingerprint density at radius 3 is 2.48 bits per heavy atom. The first-order valence-electron chi connectivity index (χ1n) is 9.97. The quantitative estimate of drug-likeness (QED) is 0.834. The number of halogens is 3. The molecule has 1 saturated carbocycles. The molecular formula is C20H26F3N5O. The highest BCUT2D eigenvalue weighted by molar-refractivity contribution is 5.62. The zero-order valence-corrected chi connectivity index (χ0v) is 16.6. The minimum absolute atomic E-state index is 0.162. The van der Waals surface area contributed by atoms with E-state index in [9.17, 15) is 13.2 Å². The number of alkyl halides is 3. The highest BCUT2D eigenvalue weighted by Gasteiger charge is 2.37. The Labute approximate surface area is 167 Å². The lowest BCUT2D eigenvalue weighted by molar-refractivity contribution is -0.137. The summed E-state index contributed by atoms with van der Waals surface area (Å²) < 4.78 is 47.2. The molecule has 0 unspecified atom stereocenters. The fourth-order valence-corrected chi connectivity index (χ4v) is 4.14. The van der Waals surface area contributed by atoms with Crippen LogP contribution in [0, 0.1) is 0 Å². The first kappa shape index (κ1) is 20.2. The maximum atomic E-state index is 13.2. The molecule has 1 aliphatic heterocycles. The number of nitrogens with two attached hydrogens (primary N) is 1. The molecule has 2 N–H and O–H groups in total. The van der Waals surface area contributed by atoms with E-state index in [1.54, 1.807) is 0 Å². The molecule has 0 atom stereocenters. The third kappa shape index (κ3) is 3.98. The number of pyridine rings is 1. The van der Waals surface area contributed by atoms with Crippen molar-refractivity contribution in [1.29, 1.82) is 0 Å². The van der Waals surface area contributed by atoms with E-state index in [-0.39, 0.29) is 5.92 Å². The lowest BCUT2D eigenvalue weighted by atomic mass is 9.84. The summed E-state index contributed by atoms with van der Waals surface area (Å²) in [4.78, 5) is 10.9. The number of aromatic nitrogens is 3. The Kier molecular flexibility index (Phi) is 5.29. The van der Waals surface area contributed by atoms with Gasteiger partial charge in [-0.2, -0.15) is 13.2 Å². The van der Waals surface area contributed by atoms with E-state index in [1.807, 2.05) is 20.0 Å². The van der Waals surface area contributed by atoms with Crippen molar-refractivity contribution in [3.63, 3.8) is 0 Å². The molecule has 0 radical (unpaired) electrons. The fourth-order valence-electron chi connectivity index (χ4n) is 4.14. The van der Waals surface area contributed by atoms with E-state index in [4.69, 9.17) is 10.5 Å². The lowest BCUT2D eigenvalue weighted by Gasteiger charge is -2.45. The van der Waals surface area contributed by atoms with Gasteiger partial charge in [0.15, 0.2) is 0 Å². The second-order valence-corrected chi connectivity index (χ2v) is 8.13. The summed E-state index contributed by atoms with van der Waals surface area (Å²) in [6.45, 7) is 7.56. The van der Waals surface area contributed by atoms with E-state index >= 15 is 0 Å². The van der Waals surface area contributed by atoms with Crippen molar-refractivity contribution >= 4 is 5.82 Å². The molecule has 0 bridgehead atoms. The Bertz CT molecular complexity index is 867. The molecule has 0 spiro atoms. The maximum Gasteiger partial charge on any atom is 0.419 e. The number of ether oxygens (including phenoxy) is 1. The Balaban J connectivity index is 1.58. The number of anilines is 1. The molecule has 1 saturated heterocycles. The second-order valence-electron chi connectivity index (χ2n) is 8.13. The van der Waals surface area contributed by atoms with Gasteiger partial charge in [0.1, 0.15) is 11.6 Å². The summed E-state index contributed by atoms with van der Waals surface area (Å²) in [5.74, 6) is 0.530. The molecule has 0 aromatic carbocycles. The van der Waals surface area contributed by atoms with E-state index in [0.29, 0.717) is 23.3 Å². The monoisotopic (exact) mass is 409 g/mol. The van der Waals surface area contributed by atoms with Crippen LogP contribution in [-0.2, 0) is 10.9 Å². The zero-order valence-electron chi connectivity index (χ0n) is 16.6. The molecule has 2 fully saturated rings. The Morgan fingerprint density at radius 1 is 1.17 bits per heavy atom. The van der Waals surface area contributed by atoms with E-state index in [1.165, 1.54) is 6.20 Å². The molecular weight excluding hydrogens is 383 g/mol. The molecule has 29 heavy (non-hydrogen) atoms. The Hall–Kier alpha value is -2.13. The molecule has 2 aliphatic rings. The van der Waals surface area contributed by atoms with Crippen LogP contribution in [0.1, 0.15) is 50.0 Å². The highest BCUT2D eigenvalue weighted by Crippen LogP contribution is 2.40. The summed E-state index contributed by atoms with van der Waals surface area (Å²) in [6.07, 6.45) is 0.712. The van der Waals surface area contributed by atoms with E-state index < -0.39 is 17.6 Å². The molecule has 6 nitrogen and oxygen atoms in total. The first-order valence-corrected chi connectivity index (χ1v) is 9.97. The summed E-state index contributed by atoms with van der Waals surface area (Å²) in [5, 5.41) is 0. The van der Waals surface area contributed by atoms with Crippen LogP contribution >= 0.6 is 0 Å². The van der Waals surface area contributed by atoms with Crippen LogP contribution in [0.2, 0.25) is 0 Å². The summed E-state index contributed by atoms with van der Waals surface area (Å²) >= 11 is 0. The van der Waals surface area contributed by atoms with Crippen molar-refractivity contribution in [1.82, 2.24) is 19.4 Å². The van der Waals surface area contributed by atoms with Crippen LogP contribution in [-0.4, -0.2) is 51.8 Å².